The lowest BCUT2D eigenvalue weighted by Crippen LogP contribution is -2.61. The van der Waals surface area contributed by atoms with Gasteiger partial charge in [-0.1, -0.05) is 32.9 Å². The van der Waals surface area contributed by atoms with Crippen molar-refractivity contribution in [2.45, 2.75) is 52.1 Å². The van der Waals surface area contributed by atoms with Gasteiger partial charge < -0.3 is 0 Å². The number of benzene rings is 1. The number of nitrogens with one attached hydrogen (secondary N) is 1. The Morgan fingerprint density at radius 1 is 1.20 bits per heavy atom. The van der Waals surface area contributed by atoms with Crippen LogP contribution in [0.15, 0.2) is 24.3 Å². The van der Waals surface area contributed by atoms with E-state index in [2.05, 4.69) is 38.0 Å². The van der Waals surface area contributed by atoms with Crippen molar-refractivity contribution >= 4 is 0 Å². The van der Waals surface area contributed by atoms with Crippen molar-refractivity contribution in [2.24, 2.45) is 5.84 Å². The van der Waals surface area contributed by atoms with E-state index in [1.54, 1.807) is 0 Å². The zero-order chi connectivity index (χ0) is 15.2. The van der Waals surface area contributed by atoms with E-state index in [1.165, 1.54) is 12.1 Å². The highest BCUT2D eigenvalue weighted by molar-refractivity contribution is 5.18. The predicted molar refractivity (Wildman–Crippen MR) is 82.8 cm³/mol. The first-order valence-electron chi connectivity index (χ1n) is 7.47. The molecule has 0 spiro atoms. The van der Waals surface area contributed by atoms with Gasteiger partial charge in [-0.25, -0.2) is 4.39 Å². The molecule has 1 aromatic rings. The second kappa shape index (κ2) is 7.72. The second-order valence-corrected chi connectivity index (χ2v) is 5.43. The van der Waals surface area contributed by atoms with Crippen molar-refractivity contribution in [3.8, 4) is 0 Å². The first-order valence-corrected chi connectivity index (χ1v) is 7.47. The fraction of sp³-hybridized carbons (Fsp3) is 0.625. The minimum absolute atomic E-state index is 0.0212. The third kappa shape index (κ3) is 3.78. The van der Waals surface area contributed by atoms with Gasteiger partial charge in [0.2, 0.25) is 0 Å². The van der Waals surface area contributed by atoms with Crippen LogP contribution >= 0.6 is 0 Å². The quantitative estimate of drug-likeness (QED) is 0.568. The Bertz CT molecular complexity index is 389. The zero-order valence-electron chi connectivity index (χ0n) is 13.1. The van der Waals surface area contributed by atoms with Gasteiger partial charge in [0.05, 0.1) is 0 Å². The molecule has 4 heteroatoms. The van der Waals surface area contributed by atoms with Crippen molar-refractivity contribution in [1.82, 2.24) is 10.3 Å². The number of rotatable bonds is 8. The number of likely N-dealkylation sites (N-methyl/N-ethyl adjacent to an activating group) is 1. The molecular weight excluding hydrogens is 253 g/mol. The van der Waals surface area contributed by atoms with Crippen LogP contribution in [0.3, 0.4) is 0 Å². The van der Waals surface area contributed by atoms with Gasteiger partial charge in [0.1, 0.15) is 5.82 Å². The molecule has 0 saturated heterocycles. The van der Waals surface area contributed by atoms with Gasteiger partial charge in [-0.15, -0.1) is 0 Å². The Hall–Kier alpha value is -0.970. The van der Waals surface area contributed by atoms with E-state index in [9.17, 15) is 4.39 Å². The summed E-state index contributed by atoms with van der Waals surface area (Å²) < 4.78 is 13.0. The molecule has 0 saturated carbocycles. The summed E-state index contributed by atoms with van der Waals surface area (Å²) in [6, 6.07) is 6.79. The van der Waals surface area contributed by atoms with Crippen molar-refractivity contribution in [2.75, 3.05) is 13.1 Å². The maximum atomic E-state index is 13.0. The van der Waals surface area contributed by atoms with E-state index in [1.807, 2.05) is 12.1 Å². The average Bonchev–Trinajstić information content (AvgIpc) is 2.47. The van der Waals surface area contributed by atoms with Gasteiger partial charge in [-0.3, -0.25) is 16.2 Å². The van der Waals surface area contributed by atoms with Crippen LogP contribution in [0.5, 0.6) is 0 Å². The minimum Gasteiger partial charge on any atom is -0.297 e. The lowest BCUT2D eigenvalue weighted by molar-refractivity contribution is 0.0701. The monoisotopic (exact) mass is 281 g/mol. The number of hydrogen-bond donors (Lipinski definition) is 2. The number of nitrogens with zero attached hydrogens (tertiary/aromatic N) is 1. The summed E-state index contributed by atoms with van der Waals surface area (Å²) in [6.07, 6.45) is 1.79. The maximum absolute atomic E-state index is 13.0. The lowest BCUT2D eigenvalue weighted by atomic mass is 9.83. The Kier molecular flexibility index (Phi) is 6.59. The molecule has 0 amide bonds. The Morgan fingerprint density at radius 3 is 2.15 bits per heavy atom. The van der Waals surface area contributed by atoms with E-state index in [0.29, 0.717) is 0 Å². The molecule has 1 aromatic carbocycles. The molecule has 0 bridgehead atoms. The van der Waals surface area contributed by atoms with Crippen LogP contribution < -0.4 is 11.3 Å². The molecule has 2 unspecified atom stereocenters. The SMILES string of the molecule is CCN(CC)C(C)(CC)C(Cc1ccc(F)cc1)NN. The van der Waals surface area contributed by atoms with E-state index in [4.69, 9.17) is 5.84 Å². The topological polar surface area (TPSA) is 41.3 Å². The highest BCUT2D eigenvalue weighted by Gasteiger charge is 2.36. The fourth-order valence-electron chi connectivity index (χ4n) is 2.95. The van der Waals surface area contributed by atoms with Gasteiger partial charge in [-0.2, -0.15) is 0 Å². The Morgan fingerprint density at radius 2 is 1.75 bits per heavy atom. The van der Waals surface area contributed by atoms with E-state index < -0.39 is 0 Å². The van der Waals surface area contributed by atoms with Gasteiger partial charge in [0, 0.05) is 11.6 Å². The summed E-state index contributed by atoms with van der Waals surface area (Å²) in [5.41, 5.74) is 4.05. The van der Waals surface area contributed by atoms with Crippen LogP contribution in [-0.4, -0.2) is 29.6 Å². The molecule has 0 aromatic heterocycles. The third-order valence-electron chi connectivity index (χ3n) is 4.51. The first kappa shape index (κ1) is 17.1. The van der Waals surface area contributed by atoms with Gasteiger partial charge in [0.25, 0.3) is 0 Å². The number of halogens is 1. The van der Waals surface area contributed by atoms with Crippen LogP contribution in [-0.2, 0) is 6.42 Å². The van der Waals surface area contributed by atoms with Crippen LogP contribution in [0.2, 0.25) is 0 Å². The number of hydrazine groups is 1. The molecule has 3 N–H and O–H groups in total. The molecule has 0 aliphatic rings. The largest absolute Gasteiger partial charge is 0.297 e. The summed E-state index contributed by atoms with van der Waals surface area (Å²) in [5, 5.41) is 0. The summed E-state index contributed by atoms with van der Waals surface area (Å²) >= 11 is 0. The maximum Gasteiger partial charge on any atom is 0.123 e. The summed E-state index contributed by atoms with van der Waals surface area (Å²) in [4.78, 5) is 2.43. The van der Waals surface area contributed by atoms with Gasteiger partial charge in [0.15, 0.2) is 0 Å². The van der Waals surface area contributed by atoms with Crippen LogP contribution in [0.4, 0.5) is 4.39 Å². The molecule has 2 atom stereocenters. The Labute approximate surface area is 122 Å². The van der Waals surface area contributed by atoms with Crippen molar-refractivity contribution in [1.29, 1.82) is 0 Å². The molecule has 0 fully saturated rings. The lowest BCUT2D eigenvalue weighted by Gasteiger charge is -2.45. The van der Waals surface area contributed by atoms with E-state index in [0.717, 1.165) is 31.5 Å². The second-order valence-electron chi connectivity index (χ2n) is 5.43. The smallest absolute Gasteiger partial charge is 0.123 e. The minimum atomic E-state index is -0.201. The van der Waals surface area contributed by atoms with E-state index in [-0.39, 0.29) is 17.4 Å². The highest BCUT2D eigenvalue weighted by Crippen LogP contribution is 2.25. The van der Waals surface area contributed by atoms with Crippen molar-refractivity contribution in [3.63, 3.8) is 0 Å². The molecule has 0 radical (unpaired) electrons. The first-order chi connectivity index (χ1) is 9.51. The molecule has 0 aliphatic heterocycles. The molecule has 0 aliphatic carbocycles. The third-order valence-corrected chi connectivity index (χ3v) is 4.51. The Balaban J connectivity index is 2.94. The van der Waals surface area contributed by atoms with E-state index >= 15 is 0 Å². The van der Waals surface area contributed by atoms with Crippen LogP contribution in [0.1, 0.15) is 39.7 Å². The normalized spacial score (nSPS) is 16.1. The highest BCUT2D eigenvalue weighted by atomic mass is 19.1. The molecule has 0 heterocycles. The molecule has 1 rings (SSSR count). The van der Waals surface area contributed by atoms with Crippen molar-refractivity contribution < 1.29 is 4.39 Å². The van der Waals surface area contributed by atoms with Crippen LogP contribution in [0.25, 0.3) is 0 Å². The average molecular weight is 281 g/mol. The number of nitrogens with two attached hydrogens (primary N) is 1. The predicted octanol–water partition coefficient (Wildman–Crippen LogP) is 2.71. The molecule has 114 valence electrons. The van der Waals surface area contributed by atoms with Gasteiger partial charge >= 0.3 is 0 Å². The summed E-state index contributed by atoms with van der Waals surface area (Å²) in [6.45, 7) is 10.7. The van der Waals surface area contributed by atoms with Crippen LogP contribution in [0, 0.1) is 5.82 Å². The standard InChI is InChI=1S/C16H28FN3/c1-5-16(4,20(6-2)7-3)15(19-18)12-13-8-10-14(17)11-9-13/h8-11,15,19H,5-7,12,18H2,1-4H3. The molecular formula is C16H28FN3. The van der Waals surface area contributed by atoms with Crippen molar-refractivity contribution in [3.05, 3.63) is 35.6 Å². The summed E-state index contributed by atoms with van der Waals surface area (Å²) in [5.74, 6) is 5.61. The summed E-state index contributed by atoms with van der Waals surface area (Å²) in [7, 11) is 0. The zero-order valence-corrected chi connectivity index (χ0v) is 13.1. The fourth-order valence-corrected chi connectivity index (χ4v) is 2.95. The molecule has 20 heavy (non-hydrogen) atoms. The van der Waals surface area contributed by atoms with Gasteiger partial charge in [-0.05, 0) is 50.6 Å². The number of hydrogen-bond acceptors (Lipinski definition) is 3. The molecule has 3 nitrogen and oxygen atoms in total.